The molecule has 1 heterocycles. The lowest BCUT2D eigenvalue weighted by Crippen LogP contribution is -2.41. The molecule has 2 amide bonds. The first-order chi connectivity index (χ1) is 20.0. The lowest BCUT2D eigenvalue weighted by Gasteiger charge is -2.29. The molecule has 0 unspecified atom stereocenters. The van der Waals surface area contributed by atoms with Crippen LogP contribution in [0.5, 0.6) is 0 Å². The lowest BCUT2D eigenvalue weighted by molar-refractivity contribution is 0.0950. The third-order valence-electron chi connectivity index (χ3n) is 8.10. The summed E-state index contributed by atoms with van der Waals surface area (Å²) in [5, 5.41) is 18.2. The maximum atomic E-state index is 13.6. The molecule has 0 spiro atoms. The molecule has 0 radical (unpaired) electrons. The molecule has 1 aliphatic rings. The van der Waals surface area contributed by atoms with Gasteiger partial charge < -0.3 is 30.9 Å². The van der Waals surface area contributed by atoms with Crippen molar-refractivity contribution >= 4 is 12.0 Å². The van der Waals surface area contributed by atoms with Crippen molar-refractivity contribution in [2.75, 3.05) is 14.1 Å². The average Bonchev–Trinajstić information content (AvgIpc) is 2.92. The summed E-state index contributed by atoms with van der Waals surface area (Å²) in [4.78, 5) is 42.0. The molecule has 2 aromatic carbocycles. The van der Waals surface area contributed by atoms with Crippen LogP contribution in [-0.4, -0.2) is 53.2 Å². The van der Waals surface area contributed by atoms with Gasteiger partial charge in [-0.2, -0.15) is 0 Å². The van der Waals surface area contributed by atoms with E-state index in [2.05, 4.69) is 56.2 Å². The second-order valence-corrected chi connectivity index (χ2v) is 11.7. The van der Waals surface area contributed by atoms with E-state index in [1.807, 2.05) is 47.0 Å². The summed E-state index contributed by atoms with van der Waals surface area (Å²) in [6.45, 7) is 7.27. The monoisotopic (exact) mass is 573 g/mol. The fourth-order valence-corrected chi connectivity index (χ4v) is 5.76. The van der Waals surface area contributed by atoms with Crippen molar-refractivity contribution in [1.29, 1.82) is 0 Å². The molecular weight excluding hydrogens is 530 g/mol. The number of carboxylic acid groups (broad SMARTS) is 1. The molecule has 224 valence electrons. The number of nitrogens with one attached hydrogen (secondary N) is 4. The van der Waals surface area contributed by atoms with Crippen molar-refractivity contribution in [3.8, 4) is 11.1 Å². The second kappa shape index (κ2) is 13.8. The molecule has 9 heteroatoms. The Morgan fingerprint density at radius 3 is 2.21 bits per heavy atom. The number of H-pyrrole nitrogens is 1. The van der Waals surface area contributed by atoms with Crippen molar-refractivity contribution in [3.05, 3.63) is 91.9 Å². The highest BCUT2D eigenvalue weighted by Gasteiger charge is 2.23. The van der Waals surface area contributed by atoms with Gasteiger partial charge in [-0.05, 0) is 112 Å². The van der Waals surface area contributed by atoms with E-state index in [-0.39, 0.29) is 30.1 Å². The van der Waals surface area contributed by atoms with Gasteiger partial charge in [0.25, 0.3) is 11.5 Å². The Bertz CT molecular complexity index is 1470. The first-order valence-electron chi connectivity index (χ1n) is 14.6. The zero-order valence-corrected chi connectivity index (χ0v) is 25.3. The zero-order valence-electron chi connectivity index (χ0n) is 25.3. The highest BCUT2D eigenvalue weighted by molar-refractivity contribution is 5.97. The highest BCUT2D eigenvalue weighted by atomic mass is 16.4. The highest BCUT2D eigenvalue weighted by Crippen LogP contribution is 2.27. The number of aryl methyl sites for hydroxylation is 2. The minimum Gasteiger partial charge on any atom is -0.465 e. The van der Waals surface area contributed by atoms with Gasteiger partial charge in [0.05, 0.1) is 0 Å². The number of rotatable bonds is 10. The van der Waals surface area contributed by atoms with Gasteiger partial charge in [-0.15, -0.1) is 0 Å². The van der Waals surface area contributed by atoms with Crippen LogP contribution in [0.25, 0.3) is 11.1 Å². The van der Waals surface area contributed by atoms with Crippen molar-refractivity contribution in [2.45, 2.75) is 78.2 Å². The van der Waals surface area contributed by atoms with Crippen LogP contribution in [0.15, 0.2) is 47.3 Å². The largest absolute Gasteiger partial charge is 0.465 e. The SMILES string of the molecule is Cc1cc(C)c(CNC(=O)c2cc(-c3ccc(CN(C)C)cc3)cc(CN[C@H]3CC[C@@H](NC(=O)O)CC3)c2C)c(=O)[nH]1. The molecule has 9 nitrogen and oxygen atoms in total. The van der Waals surface area contributed by atoms with Gasteiger partial charge >= 0.3 is 6.09 Å². The topological polar surface area (TPSA) is 127 Å². The molecule has 3 aromatic rings. The molecular formula is C33H43N5O4. The molecule has 1 saturated carbocycles. The molecule has 0 aliphatic heterocycles. The van der Waals surface area contributed by atoms with Gasteiger partial charge in [0.1, 0.15) is 0 Å². The van der Waals surface area contributed by atoms with E-state index in [0.29, 0.717) is 17.7 Å². The van der Waals surface area contributed by atoms with Crippen molar-refractivity contribution < 1.29 is 14.7 Å². The molecule has 1 fully saturated rings. The molecule has 1 aliphatic carbocycles. The summed E-state index contributed by atoms with van der Waals surface area (Å²) in [5.74, 6) is -0.223. The zero-order chi connectivity index (χ0) is 30.4. The predicted molar refractivity (Wildman–Crippen MR) is 166 cm³/mol. The normalized spacial score (nSPS) is 16.8. The Kier molecular flexibility index (Phi) is 10.2. The number of aromatic amines is 1. The van der Waals surface area contributed by atoms with Crippen LogP contribution in [0.3, 0.4) is 0 Å². The van der Waals surface area contributed by atoms with Crippen LogP contribution in [0, 0.1) is 20.8 Å². The fraction of sp³-hybridized carbons (Fsp3) is 0.424. The first-order valence-corrected chi connectivity index (χ1v) is 14.6. The summed E-state index contributed by atoms with van der Waals surface area (Å²) < 4.78 is 0. The molecule has 4 rings (SSSR count). The first kappa shape index (κ1) is 31.0. The van der Waals surface area contributed by atoms with E-state index in [9.17, 15) is 14.4 Å². The Morgan fingerprint density at radius 2 is 1.60 bits per heavy atom. The Labute approximate surface area is 247 Å². The van der Waals surface area contributed by atoms with Crippen LogP contribution in [0.2, 0.25) is 0 Å². The smallest absolute Gasteiger partial charge is 0.404 e. The Morgan fingerprint density at radius 1 is 0.929 bits per heavy atom. The van der Waals surface area contributed by atoms with Crippen LogP contribution in [0.1, 0.15) is 69.6 Å². The van der Waals surface area contributed by atoms with Crippen LogP contribution < -0.4 is 21.5 Å². The van der Waals surface area contributed by atoms with E-state index < -0.39 is 6.09 Å². The van der Waals surface area contributed by atoms with Gasteiger partial charge in [0.2, 0.25) is 0 Å². The molecule has 1 aromatic heterocycles. The van der Waals surface area contributed by atoms with E-state index >= 15 is 0 Å². The predicted octanol–water partition coefficient (Wildman–Crippen LogP) is 4.63. The van der Waals surface area contributed by atoms with E-state index in [4.69, 9.17) is 5.11 Å². The van der Waals surface area contributed by atoms with Crippen LogP contribution >= 0.6 is 0 Å². The summed E-state index contributed by atoms with van der Waals surface area (Å²) in [7, 11) is 4.08. The fourth-order valence-electron chi connectivity index (χ4n) is 5.76. The number of carbonyl (C=O) groups is 2. The third-order valence-corrected chi connectivity index (χ3v) is 8.10. The Hall–Kier alpha value is -3.95. The van der Waals surface area contributed by atoms with Gasteiger partial charge in [-0.3, -0.25) is 9.59 Å². The van der Waals surface area contributed by atoms with Gasteiger partial charge in [-0.25, -0.2) is 4.79 Å². The van der Waals surface area contributed by atoms with E-state index in [1.54, 1.807) is 0 Å². The number of hydrogen-bond donors (Lipinski definition) is 5. The molecule has 0 saturated heterocycles. The van der Waals surface area contributed by atoms with Gasteiger partial charge in [0, 0.05) is 48.5 Å². The van der Waals surface area contributed by atoms with Gasteiger partial charge in [0.15, 0.2) is 0 Å². The number of aromatic nitrogens is 1. The standard InChI is InChI=1S/C33H43N5O4/c1-20-14-21(2)36-32(40)30(20)18-35-31(39)29-16-25(24-8-6-23(7-9-24)19-38(4)5)15-26(22(29)3)17-34-27-10-12-28(13-11-27)37-33(41)42/h6-9,14-16,27-28,34,37H,10-13,17-19H2,1-5H3,(H,35,39)(H,36,40)(H,41,42)/t27-,28+. The van der Waals surface area contributed by atoms with Crippen LogP contribution in [0.4, 0.5) is 4.79 Å². The molecule has 0 atom stereocenters. The molecule has 42 heavy (non-hydrogen) atoms. The van der Waals surface area contributed by atoms with Gasteiger partial charge in [-0.1, -0.05) is 24.3 Å². The van der Waals surface area contributed by atoms with E-state index in [0.717, 1.165) is 65.7 Å². The van der Waals surface area contributed by atoms with Crippen molar-refractivity contribution in [2.24, 2.45) is 0 Å². The Balaban J connectivity index is 1.57. The van der Waals surface area contributed by atoms with Crippen molar-refractivity contribution in [3.63, 3.8) is 0 Å². The molecule has 5 N–H and O–H groups in total. The number of nitrogens with zero attached hydrogens (tertiary/aromatic N) is 1. The summed E-state index contributed by atoms with van der Waals surface area (Å²) in [6.07, 6.45) is 2.39. The number of hydrogen-bond acceptors (Lipinski definition) is 5. The summed E-state index contributed by atoms with van der Waals surface area (Å²) in [5.41, 5.74) is 7.70. The van der Waals surface area contributed by atoms with E-state index in [1.165, 1.54) is 5.56 Å². The van der Waals surface area contributed by atoms with Crippen LogP contribution in [-0.2, 0) is 19.6 Å². The minimum atomic E-state index is -0.971. The molecule has 0 bridgehead atoms. The summed E-state index contributed by atoms with van der Waals surface area (Å²) in [6, 6.07) is 14.7. The number of pyridine rings is 1. The second-order valence-electron chi connectivity index (χ2n) is 11.7. The quantitative estimate of drug-likeness (QED) is 0.241. The lowest BCUT2D eigenvalue weighted by atomic mass is 9.90. The number of amides is 2. The third kappa shape index (κ3) is 8.08. The number of carbonyl (C=O) groups excluding carboxylic acids is 1. The number of benzene rings is 2. The maximum Gasteiger partial charge on any atom is 0.404 e. The maximum absolute atomic E-state index is 13.6. The average molecular weight is 574 g/mol. The van der Waals surface area contributed by atoms with Crippen molar-refractivity contribution in [1.82, 2.24) is 25.8 Å². The summed E-state index contributed by atoms with van der Waals surface area (Å²) >= 11 is 0. The minimum absolute atomic E-state index is 0.000725.